The van der Waals surface area contributed by atoms with Crippen LogP contribution in [-0.4, -0.2) is 17.5 Å². The van der Waals surface area contributed by atoms with Gasteiger partial charge in [0.25, 0.3) is 5.91 Å². The van der Waals surface area contributed by atoms with Crippen LogP contribution in [0.25, 0.3) is 22.6 Å². The van der Waals surface area contributed by atoms with Gasteiger partial charge >= 0.3 is 0 Å². The van der Waals surface area contributed by atoms with Crippen molar-refractivity contribution in [2.75, 3.05) is 11.9 Å². The van der Waals surface area contributed by atoms with Gasteiger partial charge in [-0.3, -0.25) is 4.79 Å². The first-order chi connectivity index (χ1) is 15.0. The normalized spacial score (nSPS) is 12.0. The summed E-state index contributed by atoms with van der Waals surface area (Å²) in [6.07, 6.45) is 1.07. The van der Waals surface area contributed by atoms with Crippen LogP contribution >= 0.6 is 0 Å². The van der Waals surface area contributed by atoms with Gasteiger partial charge in [0.15, 0.2) is 12.2 Å². The number of nitrogens with one attached hydrogen (secondary N) is 1. The molecule has 4 aromatic rings. The molecule has 0 aliphatic rings. The van der Waals surface area contributed by atoms with Crippen LogP contribution in [-0.2, 0) is 4.79 Å². The van der Waals surface area contributed by atoms with Crippen LogP contribution in [0.3, 0.4) is 0 Å². The molecule has 1 heterocycles. The number of amides is 1. The second-order valence-electron chi connectivity index (χ2n) is 7.79. The molecule has 0 spiro atoms. The molecule has 0 fully saturated rings. The van der Waals surface area contributed by atoms with Crippen molar-refractivity contribution in [3.63, 3.8) is 0 Å². The van der Waals surface area contributed by atoms with Crippen molar-refractivity contribution in [1.82, 2.24) is 4.98 Å². The fourth-order valence-electron chi connectivity index (χ4n) is 3.39. The summed E-state index contributed by atoms with van der Waals surface area (Å²) >= 11 is 0. The summed E-state index contributed by atoms with van der Waals surface area (Å²) in [5.74, 6) is 1.45. The van der Waals surface area contributed by atoms with Crippen molar-refractivity contribution in [1.29, 1.82) is 0 Å². The lowest BCUT2D eigenvalue weighted by atomic mass is 9.98. The molecule has 1 N–H and O–H groups in total. The van der Waals surface area contributed by atoms with Crippen molar-refractivity contribution < 1.29 is 13.9 Å². The summed E-state index contributed by atoms with van der Waals surface area (Å²) in [6.45, 7) is 6.30. The third-order valence-corrected chi connectivity index (χ3v) is 5.35. The number of carbonyl (C=O) groups is 1. The summed E-state index contributed by atoms with van der Waals surface area (Å²) in [6, 6.07) is 21.2. The minimum atomic E-state index is -0.227. The molecule has 1 atom stereocenters. The predicted molar refractivity (Wildman–Crippen MR) is 123 cm³/mol. The van der Waals surface area contributed by atoms with Crippen molar-refractivity contribution in [2.24, 2.45) is 0 Å². The second-order valence-corrected chi connectivity index (χ2v) is 7.79. The van der Waals surface area contributed by atoms with Gasteiger partial charge in [-0.2, -0.15) is 0 Å². The molecule has 3 aromatic carbocycles. The summed E-state index contributed by atoms with van der Waals surface area (Å²) in [5, 5.41) is 2.87. The maximum absolute atomic E-state index is 12.3. The Morgan fingerprint density at radius 2 is 1.94 bits per heavy atom. The van der Waals surface area contributed by atoms with Gasteiger partial charge in [-0.25, -0.2) is 4.98 Å². The smallest absolute Gasteiger partial charge is 0.262 e. The summed E-state index contributed by atoms with van der Waals surface area (Å²) in [7, 11) is 0. The fraction of sp³-hybridized carbons (Fsp3) is 0.231. The number of anilines is 1. The number of hydrogen-bond donors (Lipinski definition) is 1. The van der Waals surface area contributed by atoms with Crippen LogP contribution in [0, 0.1) is 6.92 Å². The zero-order valence-electron chi connectivity index (χ0n) is 18.0. The first-order valence-corrected chi connectivity index (χ1v) is 10.5. The summed E-state index contributed by atoms with van der Waals surface area (Å²) in [4.78, 5) is 17.0. The Morgan fingerprint density at radius 3 is 2.74 bits per heavy atom. The molecular formula is C26H26N2O3. The molecule has 0 bridgehead atoms. The molecule has 4 rings (SSSR count). The topological polar surface area (TPSA) is 64.4 Å². The number of hydrogen-bond acceptors (Lipinski definition) is 4. The van der Waals surface area contributed by atoms with Gasteiger partial charge in [0, 0.05) is 11.3 Å². The van der Waals surface area contributed by atoms with Crippen molar-refractivity contribution >= 4 is 22.7 Å². The first kappa shape index (κ1) is 20.7. The van der Waals surface area contributed by atoms with Gasteiger partial charge in [0.05, 0.1) is 0 Å². The highest BCUT2D eigenvalue weighted by atomic mass is 16.5. The van der Waals surface area contributed by atoms with Crippen LogP contribution in [0.15, 0.2) is 71.1 Å². The Kier molecular flexibility index (Phi) is 6.03. The monoisotopic (exact) mass is 414 g/mol. The summed E-state index contributed by atoms with van der Waals surface area (Å²) < 4.78 is 11.5. The first-order valence-electron chi connectivity index (χ1n) is 10.5. The lowest BCUT2D eigenvalue weighted by Crippen LogP contribution is -2.20. The van der Waals surface area contributed by atoms with E-state index in [2.05, 4.69) is 36.3 Å². The van der Waals surface area contributed by atoms with Gasteiger partial charge in [0.2, 0.25) is 5.89 Å². The molecule has 5 heteroatoms. The van der Waals surface area contributed by atoms with E-state index >= 15 is 0 Å². The predicted octanol–water partition coefficient (Wildman–Crippen LogP) is 6.33. The molecule has 0 aliphatic carbocycles. The average molecular weight is 415 g/mol. The average Bonchev–Trinajstić information content (AvgIpc) is 3.21. The highest BCUT2D eigenvalue weighted by Gasteiger charge is 2.12. The number of nitrogens with zero attached hydrogens (tertiary/aromatic N) is 1. The molecule has 31 heavy (non-hydrogen) atoms. The van der Waals surface area contributed by atoms with E-state index in [-0.39, 0.29) is 12.5 Å². The van der Waals surface area contributed by atoms with Gasteiger partial charge in [-0.1, -0.05) is 38.1 Å². The van der Waals surface area contributed by atoms with E-state index in [0.29, 0.717) is 23.2 Å². The molecular weight excluding hydrogens is 388 g/mol. The number of oxazole rings is 1. The number of aromatic nitrogens is 1. The van der Waals surface area contributed by atoms with Crippen LogP contribution in [0.2, 0.25) is 0 Å². The molecule has 0 radical (unpaired) electrons. The molecule has 0 saturated heterocycles. The van der Waals surface area contributed by atoms with E-state index in [0.717, 1.165) is 28.6 Å². The number of fused-ring (bicyclic) bond motifs is 1. The van der Waals surface area contributed by atoms with Crippen molar-refractivity contribution in [2.45, 2.75) is 33.1 Å². The third-order valence-electron chi connectivity index (χ3n) is 5.35. The maximum Gasteiger partial charge on any atom is 0.262 e. The Hall–Kier alpha value is -3.60. The lowest BCUT2D eigenvalue weighted by molar-refractivity contribution is -0.118. The zero-order chi connectivity index (χ0) is 21.8. The SMILES string of the molecule is CC[C@@H](C)c1ccc2oc(-c3cccc(NC(=O)COc4cccc(C)c4)c3)nc2c1. The Bertz CT molecular complexity index is 1210. The Balaban J connectivity index is 1.47. The van der Waals surface area contributed by atoms with Gasteiger partial charge in [-0.15, -0.1) is 0 Å². The number of benzene rings is 3. The van der Waals surface area contributed by atoms with Gasteiger partial charge < -0.3 is 14.5 Å². The number of carbonyl (C=O) groups excluding carboxylic acids is 1. The third kappa shape index (κ3) is 4.94. The zero-order valence-corrected chi connectivity index (χ0v) is 18.0. The maximum atomic E-state index is 12.3. The van der Waals surface area contributed by atoms with Gasteiger partial charge in [0.1, 0.15) is 11.3 Å². The summed E-state index contributed by atoms with van der Waals surface area (Å²) in [5.41, 5.74) is 5.40. The molecule has 1 aromatic heterocycles. The Labute approximate surface area is 182 Å². The number of rotatable bonds is 7. The quantitative estimate of drug-likeness (QED) is 0.383. The van der Waals surface area contributed by atoms with Crippen molar-refractivity contribution in [3.8, 4) is 17.2 Å². The highest BCUT2D eigenvalue weighted by molar-refractivity contribution is 5.92. The van der Waals surface area contributed by atoms with E-state index in [4.69, 9.17) is 9.15 Å². The van der Waals surface area contributed by atoms with Crippen molar-refractivity contribution in [3.05, 3.63) is 77.9 Å². The molecule has 5 nitrogen and oxygen atoms in total. The van der Waals surface area contributed by atoms with E-state index in [1.165, 1.54) is 5.56 Å². The minimum absolute atomic E-state index is 0.0606. The molecule has 0 unspecified atom stereocenters. The molecule has 0 aliphatic heterocycles. The molecule has 0 saturated carbocycles. The highest BCUT2D eigenvalue weighted by Crippen LogP contribution is 2.29. The van der Waals surface area contributed by atoms with Crippen LogP contribution in [0.4, 0.5) is 5.69 Å². The number of ether oxygens (including phenoxy) is 1. The van der Waals surface area contributed by atoms with Crippen LogP contribution < -0.4 is 10.1 Å². The van der Waals surface area contributed by atoms with Gasteiger partial charge in [-0.05, 0) is 72.9 Å². The van der Waals surface area contributed by atoms with E-state index < -0.39 is 0 Å². The van der Waals surface area contributed by atoms with E-state index in [1.807, 2.05) is 61.5 Å². The standard InChI is InChI=1S/C26H26N2O3/c1-4-18(3)19-11-12-24-23(15-19)28-26(31-24)20-8-6-9-21(14-20)27-25(29)16-30-22-10-5-7-17(2)13-22/h5-15,18H,4,16H2,1-3H3,(H,27,29)/t18-/m1/s1. The molecule has 1 amide bonds. The number of aryl methyl sites for hydroxylation is 1. The fourth-order valence-corrected chi connectivity index (χ4v) is 3.39. The second kappa shape index (κ2) is 9.04. The molecule has 158 valence electrons. The van der Waals surface area contributed by atoms with E-state index in [1.54, 1.807) is 0 Å². The van der Waals surface area contributed by atoms with E-state index in [9.17, 15) is 4.79 Å². The largest absolute Gasteiger partial charge is 0.484 e. The minimum Gasteiger partial charge on any atom is -0.484 e. The van der Waals surface area contributed by atoms with Crippen LogP contribution in [0.1, 0.15) is 37.3 Å². The van der Waals surface area contributed by atoms with Crippen LogP contribution in [0.5, 0.6) is 5.75 Å². The Morgan fingerprint density at radius 1 is 1.10 bits per heavy atom. The lowest BCUT2D eigenvalue weighted by Gasteiger charge is -2.08.